The fraction of sp³-hybridized carbons (Fsp3) is 0.438. The molecule has 0 aliphatic carbocycles. The van der Waals surface area contributed by atoms with Crippen molar-refractivity contribution in [2.24, 2.45) is 0 Å². The summed E-state index contributed by atoms with van der Waals surface area (Å²) in [5, 5.41) is 15.9. The second kappa shape index (κ2) is 7.30. The number of aliphatic hydroxyl groups is 1. The summed E-state index contributed by atoms with van der Waals surface area (Å²) in [6.45, 7) is 4.25. The summed E-state index contributed by atoms with van der Waals surface area (Å²) in [5.41, 5.74) is 1.79. The number of benzene rings is 1. The van der Waals surface area contributed by atoms with Crippen molar-refractivity contribution in [2.75, 3.05) is 0 Å². The Balaban J connectivity index is 1.98. The first-order valence-corrected chi connectivity index (χ1v) is 7.91. The average molecular weight is 327 g/mol. The number of nitrogens with zero attached hydrogens (tertiary/aromatic N) is 2. The number of aromatic nitrogens is 2. The van der Waals surface area contributed by atoms with Gasteiger partial charge in [-0.1, -0.05) is 36.2 Å². The van der Waals surface area contributed by atoms with Crippen molar-refractivity contribution in [3.8, 4) is 0 Å². The molecule has 1 heterocycles. The van der Waals surface area contributed by atoms with Gasteiger partial charge in [0.05, 0.1) is 11.8 Å². The Morgan fingerprint density at radius 3 is 2.67 bits per heavy atom. The third-order valence-electron chi connectivity index (χ3n) is 3.62. The van der Waals surface area contributed by atoms with Crippen LogP contribution in [0.1, 0.15) is 37.6 Å². The van der Waals surface area contributed by atoms with Gasteiger partial charge < -0.3 is 5.11 Å². The monoisotopic (exact) mass is 326 g/mol. The van der Waals surface area contributed by atoms with E-state index >= 15 is 0 Å². The average Bonchev–Trinajstić information content (AvgIpc) is 2.89. The molecule has 0 aliphatic heterocycles. The lowest BCUT2D eigenvalue weighted by Gasteiger charge is -2.11. The van der Waals surface area contributed by atoms with E-state index in [0.29, 0.717) is 28.9 Å². The molecule has 1 N–H and O–H groups in total. The molecule has 3 nitrogen and oxygen atoms in total. The molecule has 1 aromatic carbocycles. The second-order valence-corrected chi connectivity index (χ2v) is 6.19. The highest BCUT2D eigenvalue weighted by Gasteiger charge is 2.12. The SMILES string of the molecule is CCC(C)n1ccc(CC(O)Cc2ccc(Cl)cc2Cl)n1. The normalized spacial score (nSPS) is 14.1. The highest BCUT2D eigenvalue weighted by molar-refractivity contribution is 6.35. The van der Waals surface area contributed by atoms with E-state index in [1.807, 2.05) is 23.0 Å². The number of rotatable bonds is 6. The highest BCUT2D eigenvalue weighted by Crippen LogP contribution is 2.22. The summed E-state index contributed by atoms with van der Waals surface area (Å²) >= 11 is 12.0. The fourth-order valence-corrected chi connectivity index (χ4v) is 2.66. The molecule has 114 valence electrons. The van der Waals surface area contributed by atoms with E-state index in [-0.39, 0.29) is 0 Å². The molecular formula is C16H20Cl2N2O. The Morgan fingerprint density at radius 1 is 1.24 bits per heavy atom. The maximum absolute atomic E-state index is 10.2. The zero-order valence-electron chi connectivity index (χ0n) is 12.3. The van der Waals surface area contributed by atoms with Gasteiger partial charge in [-0.15, -0.1) is 0 Å². The smallest absolute Gasteiger partial charge is 0.0650 e. The molecule has 0 fully saturated rings. The van der Waals surface area contributed by atoms with E-state index in [9.17, 15) is 5.11 Å². The lowest BCUT2D eigenvalue weighted by atomic mass is 10.0. The molecule has 0 bridgehead atoms. The molecule has 2 unspecified atom stereocenters. The van der Waals surface area contributed by atoms with Gasteiger partial charge in [-0.05, 0) is 37.1 Å². The number of aliphatic hydroxyl groups excluding tert-OH is 1. The zero-order chi connectivity index (χ0) is 15.4. The van der Waals surface area contributed by atoms with E-state index < -0.39 is 6.10 Å². The van der Waals surface area contributed by atoms with E-state index in [4.69, 9.17) is 23.2 Å². The van der Waals surface area contributed by atoms with Gasteiger partial charge in [-0.25, -0.2) is 0 Å². The molecule has 5 heteroatoms. The molecule has 0 aliphatic rings. The molecule has 0 saturated heterocycles. The third kappa shape index (κ3) is 4.47. The minimum Gasteiger partial charge on any atom is -0.392 e. The first kappa shape index (κ1) is 16.3. The Bertz CT molecular complexity index is 598. The summed E-state index contributed by atoms with van der Waals surface area (Å²) in [6, 6.07) is 7.67. The minimum absolute atomic E-state index is 0.376. The van der Waals surface area contributed by atoms with Crippen molar-refractivity contribution in [3.05, 3.63) is 51.8 Å². The second-order valence-electron chi connectivity index (χ2n) is 5.34. The summed E-state index contributed by atoms with van der Waals surface area (Å²) in [5.74, 6) is 0. The Kier molecular flexibility index (Phi) is 5.68. The lowest BCUT2D eigenvalue weighted by molar-refractivity contribution is 0.174. The van der Waals surface area contributed by atoms with Gasteiger partial charge in [0.15, 0.2) is 0 Å². The van der Waals surface area contributed by atoms with E-state index in [0.717, 1.165) is 17.7 Å². The molecule has 0 amide bonds. The van der Waals surface area contributed by atoms with Crippen LogP contribution in [0.5, 0.6) is 0 Å². The zero-order valence-corrected chi connectivity index (χ0v) is 13.8. The maximum atomic E-state index is 10.2. The topological polar surface area (TPSA) is 38.0 Å². The van der Waals surface area contributed by atoms with Crippen molar-refractivity contribution in [1.29, 1.82) is 0 Å². The molecule has 2 rings (SSSR count). The fourth-order valence-electron chi connectivity index (χ4n) is 2.17. The molecule has 2 aromatic rings. The quantitative estimate of drug-likeness (QED) is 0.859. The molecule has 2 atom stereocenters. The molecule has 0 radical (unpaired) electrons. The van der Waals surface area contributed by atoms with Gasteiger partial charge in [-0.2, -0.15) is 5.10 Å². The van der Waals surface area contributed by atoms with Crippen molar-refractivity contribution >= 4 is 23.2 Å². The molecular weight excluding hydrogens is 307 g/mol. The predicted octanol–water partition coefficient (Wildman–Crippen LogP) is 4.31. The van der Waals surface area contributed by atoms with Crippen LogP contribution < -0.4 is 0 Å². The summed E-state index contributed by atoms with van der Waals surface area (Å²) in [7, 11) is 0. The highest BCUT2D eigenvalue weighted by atomic mass is 35.5. The van der Waals surface area contributed by atoms with Gasteiger partial charge in [0.2, 0.25) is 0 Å². The lowest BCUT2D eigenvalue weighted by Crippen LogP contribution is -2.15. The summed E-state index contributed by atoms with van der Waals surface area (Å²) in [4.78, 5) is 0. The van der Waals surface area contributed by atoms with Gasteiger partial charge >= 0.3 is 0 Å². The molecule has 1 aromatic heterocycles. The Labute approximate surface area is 135 Å². The van der Waals surface area contributed by atoms with Crippen LogP contribution in [0.25, 0.3) is 0 Å². The molecule has 0 spiro atoms. The van der Waals surface area contributed by atoms with Crippen LogP contribution in [-0.4, -0.2) is 21.0 Å². The van der Waals surface area contributed by atoms with Crippen LogP contribution in [0.4, 0.5) is 0 Å². The number of halogens is 2. The van der Waals surface area contributed by atoms with Gasteiger partial charge in [0.1, 0.15) is 0 Å². The Morgan fingerprint density at radius 2 is 2.00 bits per heavy atom. The van der Waals surface area contributed by atoms with Crippen LogP contribution in [-0.2, 0) is 12.8 Å². The van der Waals surface area contributed by atoms with Crippen molar-refractivity contribution < 1.29 is 5.11 Å². The van der Waals surface area contributed by atoms with Crippen LogP contribution in [0.15, 0.2) is 30.5 Å². The van der Waals surface area contributed by atoms with Crippen LogP contribution in [0, 0.1) is 0 Å². The van der Waals surface area contributed by atoms with Crippen LogP contribution in [0.2, 0.25) is 10.0 Å². The Hall–Kier alpha value is -1.03. The number of hydrogen-bond acceptors (Lipinski definition) is 2. The third-order valence-corrected chi connectivity index (χ3v) is 4.21. The van der Waals surface area contributed by atoms with Crippen molar-refractivity contribution in [1.82, 2.24) is 9.78 Å². The van der Waals surface area contributed by atoms with E-state index in [1.54, 1.807) is 12.1 Å². The largest absolute Gasteiger partial charge is 0.392 e. The van der Waals surface area contributed by atoms with Crippen LogP contribution in [0.3, 0.4) is 0 Å². The van der Waals surface area contributed by atoms with Crippen molar-refractivity contribution in [3.63, 3.8) is 0 Å². The number of hydrogen-bond donors (Lipinski definition) is 1. The van der Waals surface area contributed by atoms with Gasteiger partial charge in [0, 0.05) is 35.1 Å². The van der Waals surface area contributed by atoms with Crippen LogP contribution >= 0.6 is 23.2 Å². The van der Waals surface area contributed by atoms with E-state index in [2.05, 4.69) is 18.9 Å². The standard InChI is InChI=1S/C16H20Cl2N2O/c1-3-11(2)20-7-6-14(19-20)10-15(21)8-12-4-5-13(17)9-16(12)18/h4-7,9,11,15,21H,3,8,10H2,1-2H3. The van der Waals surface area contributed by atoms with Crippen molar-refractivity contribution in [2.45, 2.75) is 45.3 Å². The molecule has 21 heavy (non-hydrogen) atoms. The summed E-state index contributed by atoms with van der Waals surface area (Å²) < 4.78 is 1.94. The first-order valence-electron chi connectivity index (χ1n) is 7.15. The van der Waals surface area contributed by atoms with E-state index in [1.165, 1.54) is 0 Å². The first-order chi connectivity index (χ1) is 9.99. The summed E-state index contributed by atoms with van der Waals surface area (Å²) in [6.07, 6.45) is 3.49. The van der Waals surface area contributed by atoms with Gasteiger partial charge in [-0.3, -0.25) is 4.68 Å². The van der Waals surface area contributed by atoms with Gasteiger partial charge in [0.25, 0.3) is 0 Å². The predicted molar refractivity (Wildman–Crippen MR) is 87.1 cm³/mol. The minimum atomic E-state index is -0.510. The molecule has 0 saturated carbocycles. The maximum Gasteiger partial charge on any atom is 0.0650 e.